The van der Waals surface area contributed by atoms with Crippen LogP contribution in [0, 0.1) is 12.8 Å². The predicted octanol–water partition coefficient (Wildman–Crippen LogP) is 6.30. The third-order valence-corrected chi connectivity index (χ3v) is 7.98. The quantitative estimate of drug-likeness (QED) is 0.221. The van der Waals surface area contributed by atoms with Gasteiger partial charge in [-0.3, -0.25) is 14.4 Å². The minimum absolute atomic E-state index is 0.0268. The molecular weight excluding hydrogens is 522 g/mol. The molecule has 4 aromatic rings. The van der Waals surface area contributed by atoms with Gasteiger partial charge in [-0.2, -0.15) is 0 Å². The van der Waals surface area contributed by atoms with Crippen LogP contribution in [0.15, 0.2) is 91.0 Å². The lowest BCUT2D eigenvalue weighted by Crippen LogP contribution is -2.51. The molecule has 0 fully saturated rings. The second-order valence-electron chi connectivity index (χ2n) is 11.5. The number of carbonyl (C=O) groups excluding carboxylic acids is 3. The van der Waals surface area contributed by atoms with Crippen molar-refractivity contribution in [3.63, 3.8) is 0 Å². The molecule has 0 radical (unpaired) electrons. The third kappa shape index (κ3) is 6.38. The lowest BCUT2D eigenvalue weighted by atomic mass is 10.0. The van der Waals surface area contributed by atoms with Crippen molar-refractivity contribution in [1.82, 2.24) is 10.2 Å². The van der Waals surface area contributed by atoms with Crippen molar-refractivity contribution in [2.75, 3.05) is 18.0 Å². The van der Waals surface area contributed by atoms with Crippen LogP contribution in [-0.4, -0.2) is 41.8 Å². The SMILES string of the molecule is Cc1ccccc1CN(C(=O)CCCN1C(=O)c2cccc3cccc1c23)[C@H](Cc1ccccc1)C(=O)NCC(C)C. The van der Waals surface area contributed by atoms with Gasteiger partial charge in [0.1, 0.15) is 6.04 Å². The highest BCUT2D eigenvalue weighted by atomic mass is 16.2. The second kappa shape index (κ2) is 13.0. The summed E-state index contributed by atoms with van der Waals surface area (Å²) in [5.74, 6) is 0.0204. The fraction of sp³-hybridized carbons (Fsp3) is 0.306. The van der Waals surface area contributed by atoms with Gasteiger partial charge in [-0.25, -0.2) is 0 Å². The molecule has 6 heteroatoms. The molecule has 1 aliphatic heterocycles. The lowest BCUT2D eigenvalue weighted by molar-refractivity contribution is -0.141. The number of nitrogens with one attached hydrogen (secondary N) is 1. The molecule has 3 amide bonds. The largest absolute Gasteiger partial charge is 0.354 e. The number of hydrogen-bond acceptors (Lipinski definition) is 3. The zero-order chi connectivity index (χ0) is 29.6. The molecule has 0 bridgehead atoms. The Morgan fingerprint density at radius 2 is 1.60 bits per heavy atom. The van der Waals surface area contributed by atoms with Crippen LogP contribution in [0.3, 0.4) is 0 Å². The number of anilines is 1. The molecule has 4 aromatic carbocycles. The van der Waals surface area contributed by atoms with Crippen molar-refractivity contribution in [3.8, 4) is 0 Å². The normalized spacial score (nSPS) is 13.0. The number of benzene rings is 4. The topological polar surface area (TPSA) is 69.7 Å². The van der Waals surface area contributed by atoms with E-state index < -0.39 is 6.04 Å². The molecule has 1 aliphatic rings. The molecule has 0 unspecified atom stereocenters. The van der Waals surface area contributed by atoms with Gasteiger partial charge in [-0.1, -0.05) is 92.7 Å². The van der Waals surface area contributed by atoms with Gasteiger partial charge in [-0.15, -0.1) is 0 Å². The second-order valence-corrected chi connectivity index (χ2v) is 11.5. The molecule has 0 spiro atoms. The van der Waals surface area contributed by atoms with Crippen LogP contribution < -0.4 is 10.2 Å². The Hall–Kier alpha value is -4.45. The maximum atomic E-state index is 14.0. The molecule has 6 nitrogen and oxygen atoms in total. The predicted molar refractivity (Wildman–Crippen MR) is 168 cm³/mol. The summed E-state index contributed by atoms with van der Waals surface area (Å²) in [7, 11) is 0. The van der Waals surface area contributed by atoms with Crippen molar-refractivity contribution >= 4 is 34.2 Å². The van der Waals surface area contributed by atoms with E-state index in [2.05, 4.69) is 19.2 Å². The van der Waals surface area contributed by atoms with Crippen LogP contribution in [0.25, 0.3) is 10.8 Å². The molecule has 216 valence electrons. The van der Waals surface area contributed by atoms with E-state index in [9.17, 15) is 14.4 Å². The van der Waals surface area contributed by atoms with Gasteiger partial charge in [0.15, 0.2) is 0 Å². The fourth-order valence-electron chi connectivity index (χ4n) is 5.68. The van der Waals surface area contributed by atoms with Gasteiger partial charge < -0.3 is 15.1 Å². The summed E-state index contributed by atoms with van der Waals surface area (Å²) in [5, 5.41) is 5.09. The number of nitrogens with zero attached hydrogens (tertiary/aromatic N) is 2. The summed E-state index contributed by atoms with van der Waals surface area (Å²) in [6.07, 6.45) is 1.14. The van der Waals surface area contributed by atoms with Crippen molar-refractivity contribution in [3.05, 3.63) is 113 Å². The van der Waals surface area contributed by atoms with E-state index in [1.54, 1.807) is 9.80 Å². The number of amides is 3. The number of hydrogen-bond donors (Lipinski definition) is 1. The van der Waals surface area contributed by atoms with Crippen LogP contribution in [-0.2, 0) is 22.6 Å². The van der Waals surface area contributed by atoms with Crippen molar-refractivity contribution in [2.45, 2.75) is 52.6 Å². The van der Waals surface area contributed by atoms with E-state index in [1.165, 1.54) is 0 Å². The van der Waals surface area contributed by atoms with Crippen LogP contribution >= 0.6 is 0 Å². The minimum Gasteiger partial charge on any atom is -0.354 e. The molecule has 5 rings (SSSR count). The molecular formula is C36H39N3O3. The van der Waals surface area contributed by atoms with Gasteiger partial charge in [0, 0.05) is 43.4 Å². The van der Waals surface area contributed by atoms with Gasteiger partial charge in [-0.05, 0) is 53.5 Å². The first-order valence-corrected chi connectivity index (χ1v) is 14.8. The van der Waals surface area contributed by atoms with Gasteiger partial charge in [0.25, 0.3) is 5.91 Å². The Balaban J connectivity index is 1.38. The van der Waals surface area contributed by atoms with Crippen molar-refractivity contribution < 1.29 is 14.4 Å². The average Bonchev–Trinajstić information content (AvgIpc) is 3.27. The summed E-state index contributed by atoms with van der Waals surface area (Å²) in [4.78, 5) is 44.5. The summed E-state index contributed by atoms with van der Waals surface area (Å²) in [6.45, 7) is 7.45. The van der Waals surface area contributed by atoms with E-state index in [4.69, 9.17) is 0 Å². The van der Waals surface area contributed by atoms with Crippen molar-refractivity contribution in [1.29, 1.82) is 0 Å². The van der Waals surface area contributed by atoms with E-state index in [0.29, 0.717) is 44.0 Å². The van der Waals surface area contributed by atoms with Gasteiger partial charge in [0.05, 0.1) is 5.69 Å². The molecule has 1 atom stereocenters. The highest BCUT2D eigenvalue weighted by Crippen LogP contribution is 2.37. The monoisotopic (exact) mass is 561 g/mol. The highest BCUT2D eigenvalue weighted by molar-refractivity contribution is 6.25. The summed E-state index contributed by atoms with van der Waals surface area (Å²) >= 11 is 0. The highest BCUT2D eigenvalue weighted by Gasteiger charge is 2.32. The molecule has 0 saturated heterocycles. The third-order valence-electron chi connectivity index (χ3n) is 7.98. The van der Waals surface area contributed by atoms with Gasteiger partial charge >= 0.3 is 0 Å². The smallest absolute Gasteiger partial charge is 0.258 e. The Labute approximate surface area is 248 Å². The summed E-state index contributed by atoms with van der Waals surface area (Å²) < 4.78 is 0. The number of aryl methyl sites for hydroxylation is 1. The Morgan fingerprint density at radius 3 is 2.33 bits per heavy atom. The molecule has 0 saturated carbocycles. The van der Waals surface area contributed by atoms with Crippen LogP contribution in [0.4, 0.5) is 5.69 Å². The molecule has 1 N–H and O–H groups in total. The van der Waals surface area contributed by atoms with E-state index in [0.717, 1.165) is 33.2 Å². The standard InChI is InChI=1S/C36H39N3O3/c1-25(2)23-37-35(41)32(22-27-13-5-4-6-14-27)39(24-29-15-8-7-12-26(29)3)33(40)20-11-21-38-31-19-10-17-28-16-9-18-30(34(28)31)36(38)42/h4-10,12-19,25,32H,11,20-24H2,1-3H3,(H,37,41)/t32-/m1/s1. The molecule has 0 aromatic heterocycles. The van der Waals surface area contributed by atoms with E-state index >= 15 is 0 Å². The molecule has 42 heavy (non-hydrogen) atoms. The van der Waals surface area contributed by atoms with Gasteiger partial charge in [0.2, 0.25) is 11.8 Å². The fourth-order valence-corrected chi connectivity index (χ4v) is 5.68. The lowest BCUT2D eigenvalue weighted by Gasteiger charge is -2.32. The van der Waals surface area contributed by atoms with Crippen LogP contribution in [0.2, 0.25) is 0 Å². The van der Waals surface area contributed by atoms with Crippen LogP contribution in [0.1, 0.15) is 53.7 Å². The maximum Gasteiger partial charge on any atom is 0.258 e. The van der Waals surface area contributed by atoms with Crippen molar-refractivity contribution in [2.24, 2.45) is 5.92 Å². The zero-order valence-electron chi connectivity index (χ0n) is 24.7. The zero-order valence-corrected chi connectivity index (χ0v) is 24.7. The summed E-state index contributed by atoms with van der Waals surface area (Å²) in [5.41, 5.74) is 4.69. The first-order chi connectivity index (χ1) is 20.3. The minimum atomic E-state index is -0.662. The summed E-state index contributed by atoms with van der Waals surface area (Å²) in [6, 6.07) is 28.9. The first kappa shape index (κ1) is 29.1. The maximum absolute atomic E-state index is 14.0. The Bertz CT molecular complexity index is 1580. The van der Waals surface area contributed by atoms with E-state index in [-0.39, 0.29) is 24.1 Å². The van der Waals surface area contributed by atoms with E-state index in [1.807, 2.05) is 97.9 Å². The number of carbonyl (C=O) groups is 3. The Morgan fingerprint density at radius 1 is 0.881 bits per heavy atom. The molecule has 1 heterocycles. The Kier molecular flexibility index (Phi) is 9.01. The first-order valence-electron chi connectivity index (χ1n) is 14.8. The average molecular weight is 562 g/mol. The molecule has 0 aliphatic carbocycles. The number of rotatable bonds is 12. The van der Waals surface area contributed by atoms with Crippen LogP contribution in [0.5, 0.6) is 0 Å².